The number of rotatable bonds is 4. The molecule has 0 amide bonds. The predicted molar refractivity (Wildman–Crippen MR) is 109 cm³/mol. The van der Waals surface area contributed by atoms with Crippen molar-refractivity contribution in [2.45, 2.75) is 25.3 Å². The van der Waals surface area contributed by atoms with Gasteiger partial charge >= 0.3 is 0 Å². The number of furan rings is 1. The number of hydrogen-bond donors (Lipinski definition) is 1. The van der Waals surface area contributed by atoms with Crippen LogP contribution in [0.5, 0.6) is 5.88 Å². The highest BCUT2D eigenvalue weighted by atomic mass is 35.5. The maximum atomic E-state index is 11.0. The molecule has 3 aromatic heterocycles. The summed E-state index contributed by atoms with van der Waals surface area (Å²) in [4.78, 5) is 8.47. The highest BCUT2D eigenvalue weighted by Crippen LogP contribution is 2.41. The molecule has 1 atom stereocenters. The molecule has 4 aromatic rings. The standard InChI is InChI=1S/C20H19ClN4O2S/c21-14-8-6-13(7-9-14)16(24-10-2-1-3-11-24)17-19(26)25-20(28-17)22-18(23-25)15-5-4-12-27-15/h4-9,12,16,26H,1-3,10-11H2. The van der Waals surface area contributed by atoms with Crippen LogP contribution in [0.15, 0.2) is 47.1 Å². The van der Waals surface area contributed by atoms with E-state index < -0.39 is 0 Å². The number of halogens is 1. The second-order valence-corrected chi connectivity index (χ2v) is 8.39. The van der Waals surface area contributed by atoms with Gasteiger partial charge < -0.3 is 9.52 Å². The SMILES string of the molecule is Oc1c(C(c2ccc(Cl)cc2)N2CCCCC2)sc2nc(-c3ccco3)nn12. The summed E-state index contributed by atoms with van der Waals surface area (Å²) < 4.78 is 6.88. The molecular weight excluding hydrogens is 396 g/mol. The van der Waals surface area contributed by atoms with Crippen molar-refractivity contribution < 1.29 is 9.52 Å². The van der Waals surface area contributed by atoms with Crippen LogP contribution in [0.4, 0.5) is 0 Å². The Morgan fingerprint density at radius 1 is 1.11 bits per heavy atom. The third kappa shape index (κ3) is 3.09. The smallest absolute Gasteiger partial charge is 0.230 e. The molecule has 8 heteroatoms. The highest BCUT2D eigenvalue weighted by molar-refractivity contribution is 7.17. The number of benzene rings is 1. The normalized spacial score (nSPS) is 16.6. The Hall–Kier alpha value is -2.35. The Bertz CT molecular complexity index is 1080. The average Bonchev–Trinajstić information content (AvgIpc) is 3.43. The molecule has 0 bridgehead atoms. The first-order valence-electron chi connectivity index (χ1n) is 9.32. The molecule has 144 valence electrons. The van der Waals surface area contributed by atoms with E-state index in [2.05, 4.69) is 15.0 Å². The monoisotopic (exact) mass is 414 g/mol. The molecule has 1 unspecified atom stereocenters. The Balaban J connectivity index is 1.59. The summed E-state index contributed by atoms with van der Waals surface area (Å²) in [5.41, 5.74) is 1.11. The number of nitrogens with zero attached hydrogens (tertiary/aromatic N) is 4. The summed E-state index contributed by atoms with van der Waals surface area (Å²) in [5, 5.41) is 16.2. The van der Waals surface area contributed by atoms with Crippen molar-refractivity contribution in [1.29, 1.82) is 0 Å². The van der Waals surface area contributed by atoms with Gasteiger partial charge in [-0.25, -0.2) is 0 Å². The first-order valence-corrected chi connectivity index (χ1v) is 10.5. The van der Waals surface area contributed by atoms with Gasteiger partial charge in [0, 0.05) is 5.02 Å². The maximum Gasteiger partial charge on any atom is 0.230 e. The van der Waals surface area contributed by atoms with Crippen molar-refractivity contribution in [1.82, 2.24) is 19.5 Å². The molecule has 0 aliphatic carbocycles. The third-order valence-electron chi connectivity index (χ3n) is 5.13. The van der Waals surface area contributed by atoms with E-state index in [1.807, 2.05) is 30.3 Å². The summed E-state index contributed by atoms with van der Waals surface area (Å²) in [6.07, 6.45) is 5.16. The lowest BCUT2D eigenvalue weighted by atomic mass is 10.0. The van der Waals surface area contributed by atoms with Crippen LogP contribution in [0, 0.1) is 0 Å². The number of likely N-dealkylation sites (tertiary alicyclic amines) is 1. The topological polar surface area (TPSA) is 66.8 Å². The number of thiazole rings is 1. The Morgan fingerprint density at radius 2 is 1.89 bits per heavy atom. The molecule has 0 radical (unpaired) electrons. The molecule has 1 saturated heterocycles. The van der Waals surface area contributed by atoms with Gasteiger partial charge in [0.2, 0.25) is 16.7 Å². The Kier molecular flexibility index (Phi) is 4.58. The Labute approximate surface area is 171 Å². The van der Waals surface area contributed by atoms with E-state index in [0.717, 1.165) is 36.4 Å². The van der Waals surface area contributed by atoms with Gasteiger partial charge in [0.1, 0.15) is 0 Å². The number of aromatic hydroxyl groups is 1. The van der Waals surface area contributed by atoms with Gasteiger partial charge in [0.25, 0.3) is 0 Å². The van der Waals surface area contributed by atoms with Gasteiger partial charge in [-0.3, -0.25) is 4.90 Å². The lowest BCUT2D eigenvalue weighted by Gasteiger charge is -2.34. The lowest BCUT2D eigenvalue weighted by Crippen LogP contribution is -2.34. The largest absolute Gasteiger partial charge is 0.492 e. The lowest BCUT2D eigenvalue weighted by molar-refractivity contribution is 0.186. The summed E-state index contributed by atoms with van der Waals surface area (Å²) in [6.45, 7) is 2.00. The summed E-state index contributed by atoms with van der Waals surface area (Å²) >= 11 is 7.56. The van der Waals surface area contributed by atoms with Crippen molar-refractivity contribution in [3.8, 4) is 17.5 Å². The van der Waals surface area contributed by atoms with Crippen LogP contribution in [-0.4, -0.2) is 37.7 Å². The van der Waals surface area contributed by atoms with Crippen LogP contribution >= 0.6 is 22.9 Å². The fourth-order valence-electron chi connectivity index (χ4n) is 3.79. The predicted octanol–water partition coefficient (Wildman–Crippen LogP) is 4.99. The summed E-state index contributed by atoms with van der Waals surface area (Å²) in [5.74, 6) is 1.19. The first kappa shape index (κ1) is 17.7. The molecule has 28 heavy (non-hydrogen) atoms. The molecule has 1 aliphatic heterocycles. The molecular formula is C20H19ClN4O2S. The number of piperidine rings is 1. The summed E-state index contributed by atoms with van der Waals surface area (Å²) in [6, 6.07) is 11.4. The zero-order valence-corrected chi connectivity index (χ0v) is 16.7. The van der Waals surface area contributed by atoms with Crippen LogP contribution < -0.4 is 0 Å². The van der Waals surface area contributed by atoms with E-state index in [9.17, 15) is 5.11 Å². The van der Waals surface area contributed by atoms with E-state index in [1.54, 1.807) is 12.3 Å². The van der Waals surface area contributed by atoms with Crippen LogP contribution in [-0.2, 0) is 0 Å². The quantitative estimate of drug-likeness (QED) is 0.509. The second kappa shape index (κ2) is 7.24. The van der Waals surface area contributed by atoms with Crippen molar-refractivity contribution in [3.05, 3.63) is 58.1 Å². The average molecular weight is 415 g/mol. The molecule has 0 spiro atoms. The minimum Gasteiger partial charge on any atom is -0.492 e. The number of aromatic nitrogens is 3. The molecule has 4 heterocycles. The van der Waals surface area contributed by atoms with Crippen LogP contribution in [0.25, 0.3) is 16.5 Å². The van der Waals surface area contributed by atoms with Crippen LogP contribution in [0.3, 0.4) is 0 Å². The van der Waals surface area contributed by atoms with Crippen molar-refractivity contribution >= 4 is 27.9 Å². The molecule has 1 aliphatic rings. The maximum absolute atomic E-state index is 11.0. The van der Waals surface area contributed by atoms with Crippen LogP contribution in [0.2, 0.25) is 5.02 Å². The molecule has 1 N–H and O–H groups in total. The second-order valence-electron chi connectivity index (χ2n) is 6.95. The molecule has 1 aromatic carbocycles. The first-order chi connectivity index (χ1) is 13.7. The highest BCUT2D eigenvalue weighted by Gasteiger charge is 2.30. The molecule has 5 rings (SSSR count). The van der Waals surface area contributed by atoms with E-state index >= 15 is 0 Å². The van der Waals surface area contributed by atoms with Crippen molar-refractivity contribution in [2.24, 2.45) is 0 Å². The number of hydrogen-bond acceptors (Lipinski definition) is 6. The minimum absolute atomic E-state index is 0.0434. The summed E-state index contributed by atoms with van der Waals surface area (Å²) in [7, 11) is 0. The fourth-order valence-corrected chi connectivity index (χ4v) is 5.03. The van der Waals surface area contributed by atoms with Gasteiger partial charge in [-0.2, -0.15) is 9.50 Å². The zero-order chi connectivity index (χ0) is 19.1. The van der Waals surface area contributed by atoms with E-state index in [0.29, 0.717) is 21.6 Å². The molecule has 1 fully saturated rings. The Morgan fingerprint density at radius 3 is 2.57 bits per heavy atom. The van der Waals surface area contributed by atoms with Crippen LogP contribution in [0.1, 0.15) is 35.7 Å². The zero-order valence-electron chi connectivity index (χ0n) is 15.1. The van der Waals surface area contributed by atoms with E-state index in [4.69, 9.17) is 16.0 Å². The molecule has 6 nitrogen and oxygen atoms in total. The minimum atomic E-state index is -0.0434. The van der Waals surface area contributed by atoms with Gasteiger partial charge in [-0.15, -0.1) is 5.10 Å². The van der Waals surface area contributed by atoms with Gasteiger partial charge in [-0.05, 0) is 55.8 Å². The third-order valence-corrected chi connectivity index (χ3v) is 6.46. The van der Waals surface area contributed by atoms with Gasteiger partial charge in [-0.1, -0.05) is 41.5 Å². The van der Waals surface area contributed by atoms with Gasteiger partial charge in [0.05, 0.1) is 17.2 Å². The van der Waals surface area contributed by atoms with E-state index in [1.165, 1.54) is 22.3 Å². The van der Waals surface area contributed by atoms with Crippen molar-refractivity contribution in [2.75, 3.05) is 13.1 Å². The number of fused-ring (bicyclic) bond motifs is 1. The van der Waals surface area contributed by atoms with Gasteiger partial charge in [0.15, 0.2) is 5.76 Å². The molecule has 0 saturated carbocycles. The van der Waals surface area contributed by atoms with E-state index in [-0.39, 0.29) is 11.9 Å². The van der Waals surface area contributed by atoms with Crippen molar-refractivity contribution in [3.63, 3.8) is 0 Å². The fraction of sp³-hybridized carbons (Fsp3) is 0.300.